The van der Waals surface area contributed by atoms with E-state index in [1.807, 2.05) is 6.07 Å². The molecule has 2 aromatic rings. The first-order chi connectivity index (χ1) is 8.97. The second-order valence-corrected chi connectivity index (χ2v) is 5.80. The SMILES string of the molecule is O=C(Nc1cc(F)ccc1F)c1cc(I)ccc1Br. The fraction of sp³-hybridized carbons (Fsp3) is 0. The second-order valence-electron chi connectivity index (χ2n) is 3.70. The zero-order chi connectivity index (χ0) is 14.0. The van der Waals surface area contributed by atoms with E-state index >= 15 is 0 Å². The van der Waals surface area contributed by atoms with Gasteiger partial charge in [-0.05, 0) is 68.9 Å². The molecule has 0 saturated heterocycles. The lowest BCUT2D eigenvalue weighted by atomic mass is 10.2. The van der Waals surface area contributed by atoms with Crippen LogP contribution in [0.5, 0.6) is 0 Å². The summed E-state index contributed by atoms with van der Waals surface area (Å²) >= 11 is 5.31. The molecule has 2 rings (SSSR count). The summed E-state index contributed by atoms with van der Waals surface area (Å²) in [4.78, 5) is 12.0. The summed E-state index contributed by atoms with van der Waals surface area (Å²) in [6.45, 7) is 0. The van der Waals surface area contributed by atoms with Gasteiger partial charge in [-0.1, -0.05) is 0 Å². The Balaban J connectivity index is 2.30. The summed E-state index contributed by atoms with van der Waals surface area (Å²) in [6.07, 6.45) is 0. The molecule has 0 spiro atoms. The van der Waals surface area contributed by atoms with Crippen molar-refractivity contribution in [3.05, 3.63) is 61.6 Å². The minimum Gasteiger partial charge on any atom is -0.319 e. The zero-order valence-electron chi connectivity index (χ0n) is 9.38. The number of carbonyl (C=O) groups excluding carboxylic acids is 1. The molecule has 0 aliphatic rings. The van der Waals surface area contributed by atoms with Crippen LogP contribution in [0.4, 0.5) is 14.5 Å². The Morgan fingerprint density at radius 1 is 1.16 bits per heavy atom. The first-order valence-corrected chi connectivity index (χ1v) is 7.06. The fourth-order valence-electron chi connectivity index (χ4n) is 1.45. The number of benzene rings is 2. The lowest BCUT2D eigenvalue weighted by Crippen LogP contribution is -2.14. The summed E-state index contributed by atoms with van der Waals surface area (Å²) in [5, 5.41) is 2.35. The van der Waals surface area contributed by atoms with Gasteiger partial charge in [0.25, 0.3) is 5.91 Å². The van der Waals surface area contributed by atoms with E-state index in [2.05, 4.69) is 43.8 Å². The smallest absolute Gasteiger partial charge is 0.256 e. The first-order valence-electron chi connectivity index (χ1n) is 5.19. The van der Waals surface area contributed by atoms with Gasteiger partial charge in [0, 0.05) is 14.1 Å². The van der Waals surface area contributed by atoms with Gasteiger partial charge in [0.05, 0.1) is 11.3 Å². The van der Waals surface area contributed by atoms with Gasteiger partial charge in [-0.25, -0.2) is 8.78 Å². The quantitative estimate of drug-likeness (QED) is 0.684. The number of anilines is 1. The van der Waals surface area contributed by atoms with Crippen LogP contribution in [-0.4, -0.2) is 5.91 Å². The predicted octanol–water partition coefficient (Wildman–Crippen LogP) is 4.58. The first kappa shape index (κ1) is 14.4. The van der Waals surface area contributed by atoms with E-state index in [1.165, 1.54) is 0 Å². The minimum atomic E-state index is -0.684. The van der Waals surface area contributed by atoms with Crippen LogP contribution in [0.2, 0.25) is 0 Å². The molecule has 0 aromatic heterocycles. The maximum Gasteiger partial charge on any atom is 0.256 e. The molecule has 0 atom stereocenters. The van der Waals surface area contributed by atoms with Crippen molar-refractivity contribution >= 4 is 50.1 Å². The summed E-state index contributed by atoms with van der Waals surface area (Å²) in [5.74, 6) is -1.80. The van der Waals surface area contributed by atoms with E-state index in [4.69, 9.17) is 0 Å². The van der Waals surface area contributed by atoms with E-state index < -0.39 is 17.5 Å². The summed E-state index contributed by atoms with van der Waals surface area (Å²) in [7, 11) is 0. The second kappa shape index (κ2) is 5.96. The largest absolute Gasteiger partial charge is 0.319 e. The van der Waals surface area contributed by atoms with Crippen LogP contribution in [0.3, 0.4) is 0 Å². The molecule has 6 heteroatoms. The third-order valence-electron chi connectivity index (χ3n) is 2.35. The van der Waals surface area contributed by atoms with Crippen molar-refractivity contribution in [2.24, 2.45) is 0 Å². The van der Waals surface area contributed by atoms with Crippen molar-refractivity contribution < 1.29 is 13.6 Å². The van der Waals surface area contributed by atoms with E-state index in [9.17, 15) is 13.6 Å². The third-order valence-corrected chi connectivity index (χ3v) is 3.71. The van der Waals surface area contributed by atoms with Gasteiger partial charge >= 0.3 is 0 Å². The van der Waals surface area contributed by atoms with Gasteiger partial charge in [-0.3, -0.25) is 4.79 Å². The molecule has 1 amide bonds. The maximum absolute atomic E-state index is 13.4. The fourth-order valence-corrected chi connectivity index (χ4v) is 2.37. The molecule has 0 aliphatic heterocycles. The molecule has 1 N–H and O–H groups in total. The topological polar surface area (TPSA) is 29.1 Å². The van der Waals surface area contributed by atoms with Gasteiger partial charge in [0.2, 0.25) is 0 Å². The molecular weight excluding hydrogens is 431 g/mol. The van der Waals surface area contributed by atoms with Crippen molar-refractivity contribution in [3.8, 4) is 0 Å². The number of rotatable bonds is 2. The molecule has 0 bridgehead atoms. The molecule has 2 nitrogen and oxygen atoms in total. The van der Waals surface area contributed by atoms with E-state index in [-0.39, 0.29) is 5.69 Å². The molecule has 0 heterocycles. The Bertz CT molecular complexity index is 649. The van der Waals surface area contributed by atoms with E-state index in [0.717, 1.165) is 21.8 Å². The molecule has 0 saturated carbocycles. The highest BCUT2D eigenvalue weighted by atomic mass is 127. The lowest BCUT2D eigenvalue weighted by molar-refractivity contribution is 0.102. The number of hydrogen-bond acceptors (Lipinski definition) is 1. The average molecular weight is 438 g/mol. The van der Waals surface area contributed by atoms with E-state index in [0.29, 0.717) is 10.0 Å². The highest BCUT2D eigenvalue weighted by Crippen LogP contribution is 2.22. The van der Waals surface area contributed by atoms with Crippen LogP contribution in [0, 0.1) is 15.2 Å². The monoisotopic (exact) mass is 437 g/mol. The van der Waals surface area contributed by atoms with Gasteiger partial charge in [-0.2, -0.15) is 0 Å². The van der Waals surface area contributed by atoms with Crippen LogP contribution in [0.1, 0.15) is 10.4 Å². The third kappa shape index (κ3) is 3.50. The summed E-state index contributed by atoms with van der Waals surface area (Å²) < 4.78 is 27.9. The van der Waals surface area contributed by atoms with Crippen LogP contribution in [-0.2, 0) is 0 Å². The Morgan fingerprint density at radius 2 is 1.89 bits per heavy atom. The molecule has 0 unspecified atom stereocenters. The number of nitrogens with one attached hydrogen (secondary N) is 1. The van der Waals surface area contributed by atoms with Crippen LogP contribution in [0.25, 0.3) is 0 Å². The van der Waals surface area contributed by atoms with E-state index in [1.54, 1.807) is 12.1 Å². The van der Waals surface area contributed by atoms with Crippen LogP contribution in [0.15, 0.2) is 40.9 Å². The van der Waals surface area contributed by atoms with Crippen molar-refractivity contribution in [1.29, 1.82) is 0 Å². The maximum atomic E-state index is 13.4. The summed E-state index contributed by atoms with van der Waals surface area (Å²) in [5.41, 5.74) is 0.173. The molecule has 19 heavy (non-hydrogen) atoms. The minimum absolute atomic E-state index is 0.184. The Kier molecular flexibility index (Phi) is 4.51. The van der Waals surface area contributed by atoms with Crippen molar-refractivity contribution in [2.45, 2.75) is 0 Å². The van der Waals surface area contributed by atoms with Gasteiger partial charge in [0.15, 0.2) is 0 Å². The normalized spacial score (nSPS) is 10.3. The molecule has 0 fully saturated rings. The molecule has 98 valence electrons. The summed E-state index contributed by atoms with van der Waals surface area (Å²) in [6, 6.07) is 8.09. The Hall–Kier alpha value is -1.02. The molecule has 0 radical (unpaired) electrons. The van der Waals surface area contributed by atoms with Gasteiger partial charge in [-0.15, -0.1) is 0 Å². The Labute approximate surface area is 130 Å². The lowest BCUT2D eigenvalue weighted by Gasteiger charge is -2.08. The average Bonchev–Trinajstić information content (AvgIpc) is 2.36. The number of carbonyl (C=O) groups is 1. The van der Waals surface area contributed by atoms with Gasteiger partial charge in [0.1, 0.15) is 11.6 Å². The van der Waals surface area contributed by atoms with Crippen molar-refractivity contribution in [3.63, 3.8) is 0 Å². The standard InChI is InChI=1S/C13H7BrF2INO/c14-10-3-2-8(17)6-9(10)13(19)18-12-5-7(15)1-4-11(12)16/h1-6H,(H,18,19). The number of hydrogen-bond donors (Lipinski definition) is 1. The van der Waals surface area contributed by atoms with Crippen LogP contribution >= 0.6 is 38.5 Å². The Morgan fingerprint density at radius 3 is 2.63 bits per heavy atom. The van der Waals surface area contributed by atoms with Crippen LogP contribution < -0.4 is 5.32 Å². The van der Waals surface area contributed by atoms with Crippen molar-refractivity contribution in [1.82, 2.24) is 0 Å². The predicted molar refractivity (Wildman–Crippen MR) is 81.2 cm³/mol. The highest BCUT2D eigenvalue weighted by molar-refractivity contribution is 14.1. The van der Waals surface area contributed by atoms with Crippen molar-refractivity contribution in [2.75, 3.05) is 5.32 Å². The number of amides is 1. The molecule has 0 aliphatic carbocycles. The molecule has 2 aromatic carbocycles. The van der Waals surface area contributed by atoms with Gasteiger partial charge < -0.3 is 5.32 Å². The highest BCUT2D eigenvalue weighted by Gasteiger charge is 2.13. The molecular formula is C13H7BrF2INO. The zero-order valence-corrected chi connectivity index (χ0v) is 13.1. The number of halogens is 4.